The van der Waals surface area contributed by atoms with E-state index in [0.717, 1.165) is 11.3 Å². The van der Waals surface area contributed by atoms with Crippen molar-refractivity contribution in [3.8, 4) is 5.69 Å². The van der Waals surface area contributed by atoms with Crippen molar-refractivity contribution in [1.29, 1.82) is 0 Å². The van der Waals surface area contributed by atoms with E-state index in [9.17, 15) is 4.79 Å². The molecule has 0 aliphatic rings. The Morgan fingerprint density at radius 1 is 1.56 bits per heavy atom. The van der Waals surface area contributed by atoms with Crippen molar-refractivity contribution < 1.29 is 9.90 Å². The van der Waals surface area contributed by atoms with Gasteiger partial charge in [0.1, 0.15) is 6.04 Å². The zero-order valence-electron chi connectivity index (χ0n) is 9.95. The number of aryl methyl sites for hydroxylation is 1. The van der Waals surface area contributed by atoms with Crippen LogP contribution in [0.3, 0.4) is 0 Å². The molecule has 1 unspecified atom stereocenters. The van der Waals surface area contributed by atoms with Crippen molar-refractivity contribution in [2.24, 2.45) is 5.73 Å². The lowest BCUT2D eigenvalue weighted by Crippen LogP contribution is -2.32. The monoisotopic (exact) mass is 246 g/mol. The smallest absolute Gasteiger partial charge is 0.320 e. The van der Waals surface area contributed by atoms with Crippen molar-refractivity contribution >= 4 is 5.97 Å². The van der Waals surface area contributed by atoms with E-state index in [1.807, 2.05) is 31.2 Å². The molecule has 0 fully saturated rings. The number of carbonyl (C=O) groups is 1. The number of nitrogens with two attached hydrogens (primary N) is 1. The number of hydrogen-bond acceptors (Lipinski definition) is 4. The lowest BCUT2D eigenvalue weighted by Gasteiger charge is -2.02. The summed E-state index contributed by atoms with van der Waals surface area (Å²) in [6.45, 7) is 1.99. The van der Waals surface area contributed by atoms with Gasteiger partial charge in [0.2, 0.25) is 0 Å². The van der Waals surface area contributed by atoms with E-state index in [1.165, 1.54) is 0 Å². The van der Waals surface area contributed by atoms with Crippen LogP contribution in [0, 0.1) is 6.92 Å². The minimum Gasteiger partial charge on any atom is -0.480 e. The van der Waals surface area contributed by atoms with Crippen LogP contribution in [0.5, 0.6) is 0 Å². The van der Waals surface area contributed by atoms with Crippen molar-refractivity contribution in [2.75, 3.05) is 0 Å². The molecule has 1 atom stereocenters. The molecule has 0 saturated carbocycles. The first-order valence-electron chi connectivity index (χ1n) is 5.53. The molecule has 0 saturated heterocycles. The molecule has 6 heteroatoms. The molecule has 94 valence electrons. The molecule has 2 rings (SSSR count). The Bertz CT molecular complexity index is 565. The van der Waals surface area contributed by atoms with Crippen LogP contribution in [0.15, 0.2) is 30.5 Å². The van der Waals surface area contributed by atoms with Crippen LogP contribution in [0.2, 0.25) is 0 Å². The van der Waals surface area contributed by atoms with E-state index in [0.29, 0.717) is 5.69 Å². The molecule has 1 aromatic carbocycles. The zero-order chi connectivity index (χ0) is 13.1. The average molecular weight is 246 g/mol. The predicted octanol–water partition coefficient (Wildman–Crippen LogP) is 0.530. The van der Waals surface area contributed by atoms with E-state index in [-0.39, 0.29) is 6.42 Å². The van der Waals surface area contributed by atoms with E-state index in [4.69, 9.17) is 10.8 Å². The Morgan fingerprint density at radius 3 is 3.00 bits per heavy atom. The second-order valence-electron chi connectivity index (χ2n) is 4.14. The SMILES string of the molecule is Cc1cccc(-n2cc(CC(N)C(=O)O)nn2)c1. The van der Waals surface area contributed by atoms with Crippen molar-refractivity contribution in [2.45, 2.75) is 19.4 Å². The highest BCUT2D eigenvalue weighted by atomic mass is 16.4. The number of benzene rings is 1. The highest BCUT2D eigenvalue weighted by molar-refractivity contribution is 5.73. The lowest BCUT2D eigenvalue weighted by atomic mass is 10.2. The molecule has 3 N–H and O–H groups in total. The zero-order valence-corrected chi connectivity index (χ0v) is 9.95. The molecule has 0 spiro atoms. The summed E-state index contributed by atoms with van der Waals surface area (Å²) in [6.07, 6.45) is 1.86. The van der Waals surface area contributed by atoms with Crippen LogP contribution in [-0.4, -0.2) is 32.1 Å². The van der Waals surface area contributed by atoms with Gasteiger partial charge in [-0.05, 0) is 24.6 Å². The number of rotatable bonds is 4. The van der Waals surface area contributed by atoms with Gasteiger partial charge in [0.15, 0.2) is 0 Å². The number of carboxylic acid groups (broad SMARTS) is 1. The highest BCUT2D eigenvalue weighted by Crippen LogP contribution is 2.09. The third kappa shape index (κ3) is 2.72. The fourth-order valence-electron chi connectivity index (χ4n) is 1.60. The summed E-state index contributed by atoms with van der Waals surface area (Å²) in [5.41, 5.74) is 8.01. The molecule has 0 aliphatic heterocycles. The molecule has 0 aliphatic carbocycles. The van der Waals surface area contributed by atoms with Crippen molar-refractivity contribution in [1.82, 2.24) is 15.0 Å². The summed E-state index contributed by atoms with van der Waals surface area (Å²) < 4.78 is 1.61. The Labute approximate surface area is 104 Å². The second kappa shape index (κ2) is 4.97. The van der Waals surface area contributed by atoms with Gasteiger partial charge in [-0.2, -0.15) is 0 Å². The third-order valence-corrected chi connectivity index (χ3v) is 2.55. The van der Waals surface area contributed by atoms with E-state index >= 15 is 0 Å². The predicted molar refractivity (Wildman–Crippen MR) is 65.4 cm³/mol. The Balaban J connectivity index is 2.18. The number of aromatic nitrogens is 3. The molecule has 2 aromatic rings. The minimum atomic E-state index is -1.04. The van der Waals surface area contributed by atoms with Gasteiger partial charge in [0, 0.05) is 6.42 Å². The first-order valence-corrected chi connectivity index (χ1v) is 5.53. The van der Waals surface area contributed by atoms with Crippen LogP contribution in [-0.2, 0) is 11.2 Å². The number of aliphatic carboxylic acids is 1. The van der Waals surface area contributed by atoms with Gasteiger partial charge in [-0.15, -0.1) is 5.10 Å². The van der Waals surface area contributed by atoms with Crippen LogP contribution >= 0.6 is 0 Å². The first kappa shape index (κ1) is 12.3. The maximum Gasteiger partial charge on any atom is 0.320 e. The van der Waals surface area contributed by atoms with Gasteiger partial charge in [0.05, 0.1) is 17.6 Å². The normalized spacial score (nSPS) is 12.3. The van der Waals surface area contributed by atoms with Crippen LogP contribution in [0.1, 0.15) is 11.3 Å². The molecular weight excluding hydrogens is 232 g/mol. The summed E-state index contributed by atoms with van der Waals surface area (Å²) in [5, 5.41) is 16.6. The molecular formula is C12H14N4O2. The van der Waals surface area contributed by atoms with Crippen molar-refractivity contribution in [3.63, 3.8) is 0 Å². The van der Waals surface area contributed by atoms with Gasteiger partial charge < -0.3 is 10.8 Å². The number of carboxylic acids is 1. The van der Waals surface area contributed by atoms with Gasteiger partial charge in [0.25, 0.3) is 0 Å². The summed E-state index contributed by atoms with van der Waals surface area (Å²) in [7, 11) is 0. The Kier molecular flexibility index (Phi) is 3.38. The second-order valence-corrected chi connectivity index (χ2v) is 4.14. The van der Waals surface area contributed by atoms with Crippen molar-refractivity contribution in [3.05, 3.63) is 41.7 Å². The molecule has 0 bridgehead atoms. The maximum atomic E-state index is 10.6. The minimum absolute atomic E-state index is 0.168. The van der Waals surface area contributed by atoms with Crippen LogP contribution in [0.25, 0.3) is 5.69 Å². The van der Waals surface area contributed by atoms with Crippen LogP contribution in [0.4, 0.5) is 0 Å². The van der Waals surface area contributed by atoms with Gasteiger partial charge in [-0.25, -0.2) is 4.68 Å². The van der Waals surface area contributed by atoms with Gasteiger partial charge >= 0.3 is 5.97 Å². The molecule has 18 heavy (non-hydrogen) atoms. The Morgan fingerprint density at radius 2 is 2.33 bits per heavy atom. The number of hydrogen-bond donors (Lipinski definition) is 2. The molecule has 1 heterocycles. The summed E-state index contributed by atoms with van der Waals surface area (Å²) in [6, 6.07) is 6.84. The Hall–Kier alpha value is -2.21. The molecule has 1 aromatic heterocycles. The fraction of sp³-hybridized carbons (Fsp3) is 0.250. The average Bonchev–Trinajstić information content (AvgIpc) is 2.77. The molecule has 0 radical (unpaired) electrons. The van der Waals surface area contributed by atoms with Gasteiger partial charge in [-0.3, -0.25) is 4.79 Å². The number of nitrogens with zero attached hydrogens (tertiary/aromatic N) is 3. The van der Waals surface area contributed by atoms with E-state index in [2.05, 4.69) is 10.3 Å². The van der Waals surface area contributed by atoms with Gasteiger partial charge in [-0.1, -0.05) is 17.3 Å². The van der Waals surface area contributed by atoms with Crippen LogP contribution < -0.4 is 5.73 Å². The molecule has 6 nitrogen and oxygen atoms in total. The summed E-state index contributed by atoms with van der Waals surface area (Å²) in [5.74, 6) is -1.04. The summed E-state index contributed by atoms with van der Waals surface area (Å²) in [4.78, 5) is 10.6. The lowest BCUT2D eigenvalue weighted by molar-refractivity contribution is -0.138. The quantitative estimate of drug-likeness (QED) is 0.820. The van der Waals surface area contributed by atoms with E-state index < -0.39 is 12.0 Å². The summed E-state index contributed by atoms with van der Waals surface area (Å²) >= 11 is 0. The topological polar surface area (TPSA) is 94.0 Å². The largest absolute Gasteiger partial charge is 0.480 e. The molecule has 0 amide bonds. The third-order valence-electron chi connectivity index (χ3n) is 2.55. The standard InChI is InChI=1S/C12H14N4O2/c1-8-3-2-4-10(5-8)16-7-9(14-15-16)6-11(13)12(17)18/h2-5,7,11H,6,13H2,1H3,(H,17,18). The van der Waals surface area contributed by atoms with E-state index in [1.54, 1.807) is 10.9 Å². The maximum absolute atomic E-state index is 10.6. The fourth-order valence-corrected chi connectivity index (χ4v) is 1.60. The first-order chi connectivity index (χ1) is 8.56. The highest BCUT2D eigenvalue weighted by Gasteiger charge is 2.14.